The average Bonchev–Trinajstić information content (AvgIpc) is 4.11. The van der Waals surface area contributed by atoms with Gasteiger partial charge in [-0.3, -0.25) is 0 Å². The van der Waals surface area contributed by atoms with Gasteiger partial charge in [0, 0.05) is 49.0 Å². The van der Waals surface area contributed by atoms with Gasteiger partial charge in [0.1, 0.15) is 16.7 Å². The Labute approximate surface area is 396 Å². The highest BCUT2D eigenvalue weighted by Gasteiger charge is 2.23. The van der Waals surface area contributed by atoms with E-state index in [-0.39, 0.29) is 0 Å². The van der Waals surface area contributed by atoms with Gasteiger partial charge in [-0.2, -0.15) is 0 Å². The molecular formula is C63H38N4O2. The lowest BCUT2D eigenvalue weighted by Gasteiger charge is -2.12. The Kier molecular flexibility index (Phi) is 8.79. The molecule has 0 radical (unpaired) electrons. The maximum absolute atomic E-state index is 7.16. The van der Waals surface area contributed by atoms with Crippen molar-refractivity contribution in [2.75, 3.05) is 0 Å². The zero-order chi connectivity index (χ0) is 45.4. The number of hydrogen-bond acceptors (Lipinski definition) is 5. The molecule has 14 rings (SSSR count). The molecule has 0 saturated heterocycles. The van der Waals surface area contributed by atoms with Gasteiger partial charge < -0.3 is 13.4 Å². The molecule has 6 heteroatoms. The molecular weight excluding hydrogens is 845 g/mol. The van der Waals surface area contributed by atoms with Crippen molar-refractivity contribution in [3.05, 3.63) is 231 Å². The Morgan fingerprint density at radius 1 is 0.275 bits per heavy atom. The van der Waals surface area contributed by atoms with Gasteiger partial charge in [-0.05, 0) is 70.3 Å². The Hall–Kier alpha value is -9.39. The van der Waals surface area contributed by atoms with Crippen LogP contribution in [0.15, 0.2) is 239 Å². The van der Waals surface area contributed by atoms with Crippen molar-refractivity contribution in [3.8, 4) is 73.2 Å². The summed E-state index contributed by atoms with van der Waals surface area (Å²) in [5, 5.41) is 6.41. The van der Waals surface area contributed by atoms with Crippen LogP contribution in [0.4, 0.5) is 0 Å². The van der Waals surface area contributed by atoms with Crippen LogP contribution >= 0.6 is 0 Å². The van der Waals surface area contributed by atoms with Crippen LogP contribution in [0.5, 0.6) is 0 Å². The second-order valence-corrected chi connectivity index (χ2v) is 17.5. The van der Waals surface area contributed by atoms with Gasteiger partial charge in [0.05, 0.1) is 22.3 Å². The normalized spacial score (nSPS) is 11.8. The fourth-order valence-corrected chi connectivity index (χ4v) is 10.2. The molecule has 0 N–H and O–H groups in total. The van der Waals surface area contributed by atoms with Crippen LogP contribution in [0.1, 0.15) is 0 Å². The summed E-state index contributed by atoms with van der Waals surface area (Å²) in [6.07, 6.45) is 0. The molecule has 0 atom stereocenters. The number of nitrogens with zero attached hydrogens (tertiary/aromatic N) is 4. The van der Waals surface area contributed by atoms with E-state index in [0.29, 0.717) is 23.1 Å². The monoisotopic (exact) mass is 882 g/mol. The summed E-state index contributed by atoms with van der Waals surface area (Å²) in [5.74, 6) is 1.71. The van der Waals surface area contributed by atoms with E-state index in [1.807, 2.05) is 54.6 Å². The number of furan rings is 2. The van der Waals surface area contributed by atoms with E-state index >= 15 is 0 Å². The summed E-state index contributed by atoms with van der Waals surface area (Å²) < 4.78 is 16.4. The van der Waals surface area contributed by atoms with Gasteiger partial charge >= 0.3 is 0 Å². The molecule has 0 bridgehead atoms. The minimum Gasteiger partial charge on any atom is -0.455 e. The predicted molar refractivity (Wildman–Crippen MR) is 281 cm³/mol. The number of rotatable bonds is 7. The standard InChI is InChI=1S/C63H38N4O2/c1-4-16-39(17-5-1)41-30-32-43(33-31-41)62-64-61(42-20-8-3-9-21-42)65-63(66-62)51-27-15-26-50-49-25-14-24-46(58(49)69-59(50)51)45-37-53-48-23-11-13-29-57(48)68-60(53)56(38-45)67-54-28-12-10-22-47(54)52-36-44(34-35-55(52)67)40-18-6-2-7-19-40/h1-38H. The molecule has 0 spiro atoms. The third-order valence-corrected chi connectivity index (χ3v) is 13.5. The summed E-state index contributed by atoms with van der Waals surface area (Å²) >= 11 is 0. The quantitative estimate of drug-likeness (QED) is 0.159. The third kappa shape index (κ3) is 6.38. The maximum Gasteiger partial charge on any atom is 0.167 e. The molecule has 322 valence electrons. The second-order valence-electron chi connectivity index (χ2n) is 17.5. The molecule has 0 fully saturated rings. The van der Waals surface area contributed by atoms with Gasteiger partial charge in [-0.25, -0.2) is 15.0 Å². The average molecular weight is 883 g/mol. The number of hydrogen-bond donors (Lipinski definition) is 0. The van der Waals surface area contributed by atoms with Crippen LogP contribution in [0.3, 0.4) is 0 Å². The summed E-state index contributed by atoms with van der Waals surface area (Å²) in [6, 6.07) is 80.3. The SMILES string of the molecule is c1ccc(-c2ccc(-c3nc(-c4ccccc4)nc(-c4cccc5c4oc4c(-c6cc(-n7c8ccccc8c8cc(-c9ccccc9)ccc87)c7oc8ccccc8c7c6)cccc45)n3)cc2)cc1. The number of benzene rings is 10. The predicted octanol–water partition coefficient (Wildman–Crippen LogP) is 16.8. The molecule has 0 aliphatic heterocycles. The minimum absolute atomic E-state index is 0.535. The molecule has 0 aliphatic carbocycles. The van der Waals surface area contributed by atoms with Crippen molar-refractivity contribution in [2.24, 2.45) is 0 Å². The van der Waals surface area contributed by atoms with Gasteiger partial charge in [0.15, 0.2) is 23.1 Å². The Bertz CT molecular complexity index is 4290. The molecule has 0 amide bonds. The first kappa shape index (κ1) is 38.8. The van der Waals surface area contributed by atoms with Crippen LogP contribution in [-0.4, -0.2) is 19.5 Å². The summed E-state index contributed by atoms with van der Waals surface area (Å²) in [6.45, 7) is 0. The lowest BCUT2D eigenvalue weighted by atomic mass is 9.99. The van der Waals surface area contributed by atoms with Crippen LogP contribution in [0.25, 0.3) is 139 Å². The highest BCUT2D eigenvalue weighted by molar-refractivity contribution is 6.16. The van der Waals surface area contributed by atoms with Gasteiger partial charge in [0.25, 0.3) is 0 Å². The Morgan fingerprint density at radius 2 is 0.768 bits per heavy atom. The Morgan fingerprint density at radius 3 is 1.49 bits per heavy atom. The van der Waals surface area contributed by atoms with Crippen LogP contribution in [-0.2, 0) is 0 Å². The molecule has 4 aromatic heterocycles. The lowest BCUT2D eigenvalue weighted by molar-refractivity contribution is 0.666. The van der Waals surface area contributed by atoms with E-state index in [4.69, 9.17) is 23.8 Å². The fraction of sp³-hybridized carbons (Fsp3) is 0. The first-order valence-electron chi connectivity index (χ1n) is 23.2. The zero-order valence-corrected chi connectivity index (χ0v) is 37.0. The van der Waals surface area contributed by atoms with Crippen molar-refractivity contribution < 1.29 is 8.83 Å². The first-order chi connectivity index (χ1) is 34.2. The molecule has 0 saturated carbocycles. The van der Waals surface area contributed by atoms with Crippen LogP contribution in [0.2, 0.25) is 0 Å². The van der Waals surface area contributed by atoms with Crippen LogP contribution < -0.4 is 0 Å². The molecule has 0 unspecified atom stereocenters. The van der Waals surface area contributed by atoms with Crippen LogP contribution in [0, 0.1) is 0 Å². The zero-order valence-electron chi connectivity index (χ0n) is 37.0. The molecule has 0 aliphatic rings. The van der Waals surface area contributed by atoms with E-state index in [9.17, 15) is 0 Å². The molecule has 10 aromatic carbocycles. The van der Waals surface area contributed by atoms with E-state index in [0.717, 1.165) is 94.0 Å². The first-order valence-corrected chi connectivity index (χ1v) is 23.2. The summed E-state index contributed by atoms with van der Waals surface area (Å²) in [5.41, 5.74) is 15.5. The maximum atomic E-state index is 7.16. The highest BCUT2D eigenvalue weighted by Crippen LogP contribution is 2.45. The summed E-state index contributed by atoms with van der Waals surface area (Å²) in [4.78, 5) is 15.4. The van der Waals surface area contributed by atoms with Crippen molar-refractivity contribution >= 4 is 65.7 Å². The molecule has 6 nitrogen and oxygen atoms in total. The number of para-hydroxylation sites is 4. The fourth-order valence-electron chi connectivity index (χ4n) is 10.2. The van der Waals surface area contributed by atoms with Gasteiger partial charge in [0.2, 0.25) is 0 Å². The molecule has 69 heavy (non-hydrogen) atoms. The topological polar surface area (TPSA) is 69.9 Å². The lowest BCUT2D eigenvalue weighted by Crippen LogP contribution is -2.00. The number of aromatic nitrogens is 4. The number of fused-ring (bicyclic) bond motifs is 9. The highest BCUT2D eigenvalue weighted by atomic mass is 16.3. The van der Waals surface area contributed by atoms with Gasteiger partial charge in [-0.15, -0.1) is 0 Å². The largest absolute Gasteiger partial charge is 0.455 e. The van der Waals surface area contributed by atoms with E-state index < -0.39 is 0 Å². The minimum atomic E-state index is 0.535. The molecule has 14 aromatic rings. The third-order valence-electron chi connectivity index (χ3n) is 13.5. The van der Waals surface area contributed by atoms with Crippen molar-refractivity contribution in [3.63, 3.8) is 0 Å². The van der Waals surface area contributed by atoms with E-state index in [2.05, 4.69) is 180 Å². The Balaban J connectivity index is 0.967. The van der Waals surface area contributed by atoms with Gasteiger partial charge in [-0.1, -0.05) is 188 Å². The van der Waals surface area contributed by atoms with Crippen molar-refractivity contribution in [1.29, 1.82) is 0 Å². The summed E-state index contributed by atoms with van der Waals surface area (Å²) in [7, 11) is 0. The van der Waals surface area contributed by atoms with E-state index in [1.165, 1.54) is 21.9 Å². The van der Waals surface area contributed by atoms with Crippen molar-refractivity contribution in [2.45, 2.75) is 0 Å². The van der Waals surface area contributed by atoms with Crippen molar-refractivity contribution in [1.82, 2.24) is 19.5 Å². The smallest absolute Gasteiger partial charge is 0.167 e. The molecule has 4 heterocycles. The second kappa shape index (κ2) is 15.6. The van der Waals surface area contributed by atoms with E-state index in [1.54, 1.807) is 0 Å².